The van der Waals surface area contributed by atoms with Crippen molar-refractivity contribution in [2.75, 3.05) is 13.7 Å². The van der Waals surface area contributed by atoms with Crippen molar-refractivity contribution in [3.8, 4) is 11.5 Å². The van der Waals surface area contributed by atoms with Gasteiger partial charge in [0.1, 0.15) is 5.75 Å². The van der Waals surface area contributed by atoms with E-state index < -0.39 is 24.3 Å². The topological polar surface area (TPSA) is 18.5 Å². The Hall–Kier alpha value is -1.46. The number of benzene rings is 1. The number of halogens is 4. The Kier molecular flexibility index (Phi) is 3.39. The van der Waals surface area contributed by atoms with Gasteiger partial charge in [-0.3, -0.25) is 0 Å². The van der Waals surface area contributed by atoms with E-state index in [9.17, 15) is 17.6 Å². The molecule has 0 amide bonds. The van der Waals surface area contributed by atoms with Crippen LogP contribution in [-0.2, 0) is 0 Å². The zero-order valence-corrected chi connectivity index (χ0v) is 7.77. The molecule has 0 N–H and O–H groups in total. The molecule has 0 spiro atoms. The molecule has 0 aromatic heterocycles. The Morgan fingerprint density at radius 2 is 1.93 bits per heavy atom. The van der Waals surface area contributed by atoms with Crippen LogP contribution in [0.5, 0.6) is 11.5 Å². The first-order valence-electron chi connectivity index (χ1n) is 3.95. The van der Waals surface area contributed by atoms with Crippen molar-refractivity contribution in [2.24, 2.45) is 0 Å². The van der Waals surface area contributed by atoms with Gasteiger partial charge in [0.2, 0.25) is 0 Å². The number of methoxy groups -OCH3 is 1. The lowest BCUT2D eigenvalue weighted by Crippen LogP contribution is -2.19. The highest BCUT2D eigenvalue weighted by Crippen LogP contribution is 2.24. The van der Waals surface area contributed by atoms with Gasteiger partial charge in [0.05, 0.1) is 7.11 Å². The minimum absolute atomic E-state index is 0.215. The molecule has 1 rings (SSSR count). The molecule has 0 heterocycles. The number of hydrogen-bond acceptors (Lipinski definition) is 2. The second-order valence-electron chi connectivity index (χ2n) is 2.70. The molecular formula is C9H8F4O2. The van der Waals surface area contributed by atoms with Crippen LogP contribution in [0.25, 0.3) is 0 Å². The van der Waals surface area contributed by atoms with Crippen molar-refractivity contribution >= 4 is 0 Å². The molecule has 0 atom stereocenters. The van der Waals surface area contributed by atoms with E-state index in [4.69, 9.17) is 0 Å². The summed E-state index contributed by atoms with van der Waals surface area (Å²) in [4.78, 5) is 0. The number of ether oxygens (including phenoxy) is 2. The fourth-order valence-corrected chi connectivity index (χ4v) is 0.885. The molecule has 0 bridgehead atoms. The molecule has 0 fully saturated rings. The summed E-state index contributed by atoms with van der Waals surface area (Å²) in [5.74, 6) is -1.13. The molecule has 15 heavy (non-hydrogen) atoms. The van der Waals surface area contributed by atoms with E-state index >= 15 is 0 Å². The van der Waals surface area contributed by atoms with Gasteiger partial charge >= 0.3 is 6.18 Å². The van der Waals surface area contributed by atoms with Crippen molar-refractivity contribution in [1.29, 1.82) is 0 Å². The zero-order valence-electron chi connectivity index (χ0n) is 7.77. The first-order chi connectivity index (χ1) is 6.92. The summed E-state index contributed by atoms with van der Waals surface area (Å²) < 4.78 is 57.2. The van der Waals surface area contributed by atoms with Gasteiger partial charge in [-0.05, 0) is 12.1 Å². The molecule has 0 aliphatic heterocycles. The Morgan fingerprint density at radius 3 is 2.40 bits per heavy atom. The summed E-state index contributed by atoms with van der Waals surface area (Å²) in [5, 5.41) is 0. The van der Waals surface area contributed by atoms with Crippen LogP contribution < -0.4 is 9.47 Å². The van der Waals surface area contributed by atoms with Gasteiger partial charge in [-0.25, -0.2) is 4.39 Å². The standard InChI is InChI=1S/C9H8F4O2/c1-14-6-2-3-8(7(10)4-6)15-5-9(11,12)13/h2-4H,5H2,1H3. The third-order valence-corrected chi connectivity index (χ3v) is 1.53. The molecule has 0 unspecified atom stereocenters. The molecular weight excluding hydrogens is 216 g/mol. The van der Waals surface area contributed by atoms with Crippen molar-refractivity contribution in [2.45, 2.75) is 6.18 Å². The predicted octanol–water partition coefficient (Wildman–Crippen LogP) is 2.78. The van der Waals surface area contributed by atoms with Crippen LogP contribution in [0.15, 0.2) is 18.2 Å². The van der Waals surface area contributed by atoms with Gasteiger partial charge < -0.3 is 9.47 Å². The molecule has 0 aliphatic carbocycles. The van der Waals surface area contributed by atoms with E-state index in [1.165, 1.54) is 13.2 Å². The summed E-state index contributed by atoms with van der Waals surface area (Å²) in [7, 11) is 1.32. The first kappa shape index (κ1) is 11.6. The molecule has 6 heteroatoms. The van der Waals surface area contributed by atoms with Gasteiger partial charge in [0.15, 0.2) is 18.2 Å². The quantitative estimate of drug-likeness (QED) is 0.735. The second kappa shape index (κ2) is 4.37. The van der Waals surface area contributed by atoms with E-state index in [2.05, 4.69) is 9.47 Å². The Morgan fingerprint density at radius 1 is 1.27 bits per heavy atom. The Balaban J connectivity index is 2.70. The lowest BCUT2D eigenvalue weighted by molar-refractivity contribution is -0.153. The van der Waals surface area contributed by atoms with Crippen molar-refractivity contribution < 1.29 is 27.0 Å². The smallest absolute Gasteiger partial charge is 0.422 e. The highest BCUT2D eigenvalue weighted by Gasteiger charge is 2.28. The first-order valence-corrected chi connectivity index (χ1v) is 3.95. The number of rotatable bonds is 3. The van der Waals surface area contributed by atoms with Crippen LogP contribution in [0.4, 0.5) is 17.6 Å². The molecule has 84 valence electrons. The fraction of sp³-hybridized carbons (Fsp3) is 0.333. The van der Waals surface area contributed by atoms with Crippen LogP contribution >= 0.6 is 0 Å². The lowest BCUT2D eigenvalue weighted by Gasteiger charge is -2.10. The number of hydrogen-bond donors (Lipinski definition) is 0. The van der Waals surface area contributed by atoms with Gasteiger partial charge in [0.25, 0.3) is 0 Å². The Labute approximate surface area is 83.4 Å². The van der Waals surface area contributed by atoms with Gasteiger partial charge in [-0.1, -0.05) is 0 Å². The van der Waals surface area contributed by atoms with E-state index in [0.717, 1.165) is 12.1 Å². The monoisotopic (exact) mass is 224 g/mol. The van der Waals surface area contributed by atoms with Crippen LogP contribution in [0, 0.1) is 5.82 Å². The van der Waals surface area contributed by atoms with E-state index in [1.54, 1.807) is 0 Å². The van der Waals surface area contributed by atoms with Crippen LogP contribution in [-0.4, -0.2) is 19.9 Å². The summed E-state index contributed by atoms with van der Waals surface area (Å²) in [5.41, 5.74) is 0. The van der Waals surface area contributed by atoms with E-state index in [1.807, 2.05) is 0 Å². The average Bonchev–Trinajstić information content (AvgIpc) is 2.14. The molecule has 1 aromatic carbocycles. The van der Waals surface area contributed by atoms with Crippen molar-refractivity contribution in [3.63, 3.8) is 0 Å². The minimum Gasteiger partial charge on any atom is -0.497 e. The molecule has 2 nitrogen and oxygen atoms in total. The third-order valence-electron chi connectivity index (χ3n) is 1.53. The third kappa shape index (κ3) is 3.65. The maximum atomic E-state index is 13.0. The van der Waals surface area contributed by atoms with Crippen molar-refractivity contribution in [3.05, 3.63) is 24.0 Å². The Bertz CT molecular complexity index is 335. The maximum Gasteiger partial charge on any atom is 0.422 e. The largest absolute Gasteiger partial charge is 0.497 e. The normalized spacial score (nSPS) is 11.3. The second-order valence-corrected chi connectivity index (χ2v) is 2.70. The molecule has 0 aliphatic rings. The zero-order chi connectivity index (χ0) is 11.5. The lowest BCUT2D eigenvalue weighted by atomic mass is 10.3. The maximum absolute atomic E-state index is 13.0. The predicted molar refractivity (Wildman–Crippen MR) is 44.5 cm³/mol. The summed E-state index contributed by atoms with van der Waals surface area (Å²) in [6, 6.07) is 3.35. The molecule has 0 saturated carbocycles. The highest BCUT2D eigenvalue weighted by atomic mass is 19.4. The molecule has 0 saturated heterocycles. The molecule has 0 radical (unpaired) electrons. The minimum atomic E-state index is -4.48. The van der Waals surface area contributed by atoms with Gasteiger partial charge in [0, 0.05) is 6.07 Å². The van der Waals surface area contributed by atoms with E-state index in [-0.39, 0.29) is 5.75 Å². The SMILES string of the molecule is COc1ccc(OCC(F)(F)F)c(F)c1. The summed E-state index contributed by atoms with van der Waals surface area (Å²) >= 11 is 0. The highest BCUT2D eigenvalue weighted by molar-refractivity contribution is 5.33. The van der Waals surface area contributed by atoms with Crippen LogP contribution in [0.2, 0.25) is 0 Å². The average molecular weight is 224 g/mol. The van der Waals surface area contributed by atoms with Crippen LogP contribution in [0.3, 0.4) is 0 Å². The summed E-state index contributed by atoms with van der Waals surface area (Å²) in [6.45, 7) is -1.52. The van der Waals surface area contributed by atoms with Crippen LogP contribution in [0.1, 0.15) is 0 Å². The van der Waals surface area contributed by atoms with E-state index in [0.29, 0.717) is 0 Å². The summed E-state index contributed by atoms with van der Waals surface area (Å²) in [6.07, 6.45) is -4.48. The number of alkyl halides is 3. The van der Waals surface area contributed by atoms with Crippen molar-refractivity contribution in [1.82, 2.24) is 0 Å². The fourth-order valence-electron chi connectivity index (χ4n) is 0.885. The van der Waals surface area contributed by atoms with Gasteiger partial charge in [-0.2, -0.15) is 13.2 Å². The molecule has 1 aromatic rings. The van der Waals surface area contributed by atoms with Gasteiger partial charge in [-0.15, -0.1) is 0 Å².